The molecule has 0 aliphatic heterocycles. The lowest BCUT2D eigenvalue weighted by Crippen LogP contribution is -2.42. The summed E-state index contributed by atoms with van der Waals surface area (Å²) >= 11 is 5.76. The van der Waals surface area contributed by atoms with Crippen LogP contribution >= 0.6 is 11.6 Å². The van der Waals surface area contributed by atoms with Crippen molar-refractivity contribution in [3.8, 4) is 5.75 Å². The minimum Gasteiger partial charge on any atom is -0.483 e. The third-order valence-corrected chi connectivity index (χ3v) is 4.23. The lowest BCUT2D eigenvalue weighted by Gasteiger charge is -2.09. The van der Waals surface area contributed by atoms with Crippen LogP contribution in [0.5, 0.6) is 5.75 Å². The van der Waals surface area contributed by atoms with E-state index in [0.29, 0.717) is 16.3 Å². The maximum absolute atomic E-state index is 11.8. The van der Waals surface area contributed by atoms with E-state index in [1.165, 1.54) is 6.08 Å². The molecule has 0 spiro atoms. The molecule has 0 fully saturated rings. The second-order valence-corrected chi connectivity index (χ2v) is 7.11. The van der Waals surface area contributed by atoms with E-state index < -0.39 is 15.9 Å². The van der Waals surface area contributed by atoms with Crippen molar-refractivity contribution < 1.29 is 17.9 Å². The standard InChI is InChI=1S/C17H17ClN2O4S/c1-13-4-2-3-5-16(13)24-12-17(21)19-20-25(22,23)11-10-14-6-8-15(18)9-7-14/h2-11,20H,12H2,1H3,(H,19,21)/b11-10+. The SMILES string of the molecule is Cc1ccccc1OCC(=O)NNS(=O)(=O)/C=C/c1ccc(Cl)cc1. The van der Waals surface area contributed by atoms with Crippen molar-refractivity contribution in [1.82, 2.24) is 10.3 Å². The molecule has 0 unspecified atom stereocenters. The summed E-state index contributed by atoms with van der Waals surface area (Å²) in [5, 5.41) is 1.50. The van der Waals surface area contributed by atoms with Gasteiger partial charge in [0.15, 0.2) is 6.61 Å². The van der Waals surface area contributed by atoms with Crippen LogP contribution in [0, 0.1) is 6.92 Å². The van der Waals surface area contributed by atoms with E-state index in [-0.39, 0.29) is 6.61 Å². The average Bonchev–Trinajstić information content (AvgIpc) is 2.59. The van der Waals surface area contributed by atoms with Crippen molar-refractivity contribution in [2.24, 2.45) is 0 Å². The Kier molecular flexibility index (Phi) is 6.58. The van der Waals surface area contributed by atoms with Crippen molar-refractivity contribution in [2.45, 2.75) is 6.92 Å². The molecule has 25 heavy (non-hydrogen) atoms. The predicted molar refractivity (Wildman–Crippen MR) is 97.4 cm³/mol. The van der Waals surface area contributed by atoms with Gasteiger partial charge in [0.25, 0.3) is 15.9 Å². The molecule has 0 radical (unpaired) electrons. The molecule has 0 atom stereocenters. The minimum absolute atomic E-state index is 0.311. The number of aryl methyl sites for hydroxylation is 1. The van der Waals surface area contributed by atoms with E-state index in [1.807, 2.05) is 23.9 Å². The van der Waals surface area contributed by atoms with Gasteiger partial charge < -0.3 is 4.74 Å². The Morgan fingerprint density at radius 3 is 2.52 bits per heavy atom. The Morgan fingerprint density at radius 2 is 1.84 bits per heavy atom. The topological polar surface area (TPSA) is 84.5 Å². The number of amides is 1. The summed E-state index contributed by atoms with van der Waals surface area (Å²) < 4.78 is 29.0. The molecule has 2 N–H and O–H groups in total. The van der Waals surface area contributed by atoms with Gasteiger partial charge >= 0.3 is 0 Å². The quantitative estimate of drug-likeness (QED) is 0.723. The number of carbonyl (C=O) groups is 1. The minimum atomic E-state index is -3.83. The summed E-state index contributed by atoms with van der Waals surface area (Å²) in [5.41, 5.74) is 3.62. The van der Waals surface area contributed by atoms with Gasteiger partial charge in [-0.25, -0.2) is 8.42 Å². The third-order valence-electron chi connectivity index (χ3n) is 3.09. The first-order chi connectivity index (χ1) is 11.9. The second-order valence-electron chi connectivity index (χ2n) is 5.10. The normalized spacial score (nSPS) is 11.4. The van der Waals surface area contributed by atoms with E-state index in [4.69, 9.17) is 16.3 Å². The summed E-state index contributed by atoms with van der Waals surface area (Å²) in [6, 6.07) is 13.8. The molecule has 8 heteroatoms. The van der Waals surface area contributed by atoms with Crippen LogP contribution in [0.1, 0.15) is 11.1 Å². The number of benzene rings is 2. The predicted octanol–water partition coefficient (Wildman–Crippen LogP) is 2.65. The lowest BCUT2D eigenvalue weighted by molar-refractivity contribution is -0.123. The van der Waals surface area contributed by atoms with Crippen LogP contribution in [0.2, 0.25) is 5.02 Å². The Hall–Kier alpha value is -2.35. The van der Waals surface area contributed by atoms with Crippen LogP contribution < -0.4 is 15.0 Å². The molecule has 1 amide bonds. The van der Waals surface area contributed by atoms with Crippen molar-refractivity contribution in [3.05, 3.63) is 70.1 Å². The summed E-state index contributed by atoms with van der Waals surface area (Å²) in [6.07, 6.45) is 1.38. The van der Waals surface area contributed by atoms with E-state index in [1.54, 1.807) is 36.4 Å². The van der Waals surface area contributed by atoms with E-state index in [9.17, 15) is 13.2 Å². The molecule has 2 aromatic carbocycles. The van der Waals surface area contributed by atoms with Gasteiger partial charge in [-0.15, -0.1) is 4.83 Å². The van der Waals surface area contributed by atoms with Crippen molar-refractivity contribution >= 4 is 33.6 Å². The number of ether oxygens (including phenoxy) is 1. The van der Waals surface area contributed by atoms with Crippen LogP contribution in [0.3, 0.4) is 0 Å². The van der Waals surface area contributed by atoms with Gasteiger partial charge in [-0.1, -0.05) is 41.9 Å². The van der Waals surface area contributed by atoms with Crippen LogP contribution in [0.4, 0.5) is 0 Å². The van der Waals surface area contributed by atoms with Crippen LogP contribution in [-0.2, 0) is 14.8 Å². The highest BCUT2D eigenvalue weighted by atomic mass is 35.5. The Morgan fingerprint density at radius 1 is 1.16 bits per heavy atom. The first-order valence-corrected chi connectivity index (χ1v) is 9.21. The Balaban J connectivity index is 1.83. The summed E-state index contributed by atoms with van der Waals surface area (Å²) in [5.74, 6) is -0.0603. The molecule has 6 nitrogen and oxygen atoms in total. The molecular weight excluding hydrogens is 364 g/mol. The van der Waals surface area contributed by atoms with E-state index >= 15 is 0 Å². The molecule has 132 valence electrons. The molecule has 2 aromatic rings. The number of sulfonamides is 1. The second kappa shape index (κ2) is 8.66. The highest BCUT2D eigenvalue weighted by molar-refractivity contribution is 7.92. The zero-order valence-corrected chi connectivity index (χ0v) is 15.0. The zero-order chi connectivity index (χ0) is 18.3. The van der Waals surface area contributed by atoms with Crippen LogP contribution in [0.15, 0.2) is 53.9 Å². The number of hydrogen-bond acceptors (Lipinski definition) is 4. The number of nitrogens with one attached hydrogen (secondary N) is 2. The number of para-hydroxylation sites is 1. The van der Waals surface area contributed by atoms with Crippen molar-refractivity contribution in [2.75, 3.05) is 6.61 Å². The first kappa shape index (κ1) is 19.0. The maximum Gasteiger partial charge on any atom is 0.272 e. The Bertz CT molecular complexity index is 864. The van der Waals surface area contributed by atoms with Crippen LogP contribution in [0.25, 0.3) is 6.08 Å². The number of carbonyl (C=O) groups excluding carboxylic acids is 1. The zero-order valence-electron chi connectivity index (χ0n) is 13.4. The van der Waals surface area contributed by atoms with Crippen LogP contribution in [-0.4, -0.2) is 20.9 Å². The summed E-state index contributed by atoms with van der Waals surface area (Å²) in [4.78, 5) is 13.7. The summed E-state index contributed by atoms with van der Waals surface area (Å²) in [6.45, 7) is 1.53. The fraction of sp³-hybridized carbons (Fsp3) is 0.118. The molecule has 0 aromatic heterocycles. The van der Waals surface area contributed by atoms with Gasteiger partial charge in [0, 0.05) is 10.4 Å². The molecule has 0 saturated carbocycles. The lowest BCUT2D eigenvalue weighted by atomic mass is 10.2. The molecule has 0 aliphatic rings. The fourth-order valence-corrected chi connectivity index (χ4v) is 2.59. The first-order valence-electron chi connectivity index (χ1n) is 7.28. The van der Waals surface area contributed by atoms with Gasteiger partial charge in [0.2, 0.25) is 0 Å². The van der Waals surface area contributed by atoms with E-state index in [0.717, 1.165) is 11.0 Å². The highest BCUT2D eigenvalue weighted by Crippen LogP contribution is 2.15. The maximum atomic E-state index is 11.8. The van der Waals surface area contributed by atoms with Gasteiger partial charge in [0.05, 0.1) is 0 Å². The monoisotopic (exact) mass is 380 g/mol. The number of hydrazine groups is 1. The van der Waals surface area contributed by atoms with Gasteiger partial charge in [-0.2, -0.15) is 0 Å². The van der Waals surface area contributed by atoms with Crippen molar-refractivity contribution in [3.63, 3.8) is 0 Å². The molecule has 0 bridgehead atoms. The third kappa shape index (κ3) is 6.58. The molecule has 0 heterocycles. The van der Waals surface area contributed by atoms with E-state index in [2.05, 4.69) is 5.43 Å². The molecule has 2 rings (SSSR count). The molecule has 0 aliphatic carbocycles. The van der Waals surface area contributed by atoms with Gasteiger partial charge in [0.1, 0.15) is 5.75 Å². The highest BCUT2D eigenvalue weighted by Gasteiger charge is 2.09. The van der Waals surface area contributed by atoms with Crippen molar-refractivity contribution in [1.29, 1.82) is 0 Å². The largest absolute Gasteiger partial charge is 0.483 e. The molecular formula is C17H17ClN2O4S. The molecule has 0 saturated heterocycles. The number of hydrogen-bond donors (Lipinski definition) is 2. The van der Waals surface area contributed by atoms with Gasteiger partial charge in [-0.05, 0) is 42.3 Å². The summed E-state index contributed by atoms with van der Waals surface area (Å²) in [7, 11) is -3.83. The number of rotatable bonds is 7. The average molecular weight is 381 g/mol. The Labute approximate surface area is 151 Å². The smallest absolute Gasteiger partial charge is 0.272 e. The van der Waals surface area contributed by atoms with Gasteiger partial charge in [-0.3, -0.25) is 10.2 Å². The fourth-order valence-electron chi connectivity index (χ4n) is 1.80. The number of halogens is 1.